The van der Waals surface area contributed by atoms with E-state index in [1.807, 2.05) is 13.8 Å². The highest BCUT2D eigenvalue weighted by atomic mass is 16.4. The molecule has 5 nitrogen and oxygen atoms in total. The van der Waals surface area contributed by atoms with Crippen molar-refractivity contribution < 1.29 is 19.1 Å². The maximum absolute atomic E-state index is 12.1. The molecule has 0 aliphatic heterocycles. The third kappa shape index (κ3) is 3.31. The number of hydrogen-bond donors (Lipinski definition) is 2. The topological polar surface area (TPSA) is 79.5 Å². The third-order valence-corrected chi connectivity index (χ3v) is 3.21. The van der Waals surface area contributed by atoms with Gasteiger partial charge in [0, 0.05) is 12.1 Å². The molecule has 0 saturated heterocycles. The van der Waals surface area contributed by atoms with Crippen molar-refractivity contribution in [3.63, 3.8) is 0 Å². The van der Waals surface area contributed by atoms with Crippen molar-refractivity contribution in [2.45, 2.75) is 26.7 Å². The van der Waals surface area contributed by atoms with Gasteiger partial charge >= 0.3 is 5.97 Å². The number of benzene rings is 1. The van der Waals surface area contributed by atoms with Gasteiger partial charge in [0.1, 0.15) is 5.76 Å². The van der Waals surface area contributed by atoms with Gasteiger partial charge in [-0.1, -0.05) is 13.8 Å². The van der Waals surface area contributed by atoms with Gasteiger partial charge in [-0.05, 0) is 42.3 Å². The van der Waals surface area contributed by atoms with Crippen LogP contribution in [-0.2, 0) is 12.8 Å². The Labute approximate surface area is 122 Å². The number of carbonyl (C=O) groups excluding carboxylic acids is 1. The molecule has 1 amide bonds. The number of nitrogens with one attached hydrogen (secondary N) is 1. The van der Waals surface area contributed by atoms with Gasteiger partial charge < -0.3 is 14.8 Å². The Morgan fingerprint density at radius 2 is 1.81 bits per heavy atom. The van der Waals surface area contributed by atoms with Crippen LogP contribution >= 0.6 is 0 Å². The van der Waals surface area contributed by atoms with E-state index in [0.717, 1.165) is 24.2 Å². The van der Waals surface area contributed by atoms with Crippen LogP contribution in [0.15, 0.2) is 34.7 Å². The van der Waals surface area contributed by atoms with E-state index < -0.39 is 5.97 Å². The first-order valence-corrected chi connectivity index (χ1v) is 6.81. The van der Waals surface area contributed by atoms with Crippen LogP contribution in [0, 0.1) is 0 Å². The predicted octanol–water partition coefficient (Wildman–Crippen LogP) is 3.35. The Balaban J connectivity index is 2.13. The maximum atomic E-state index is 12.1. The van der Waals surface area contributed by atoms with E-state index in [-0.39, 0.29) is 17.2 Å². The summed E-state index contributed by atoms with van der Waals surface area (Å²) in [6.45, 7) is 3.99. The highest BCUT2D eigenvalue weighted by molar-refractivity contribution is 6.02. The molecule has 0 unspecified atom stereocenters. The van der Waals surface area contributed by atoms with Gasteiger partial charge in [0.2, 0.25) is 0 Å². The molecule has 0 aliphatic rings. The zero-order valence-corrected chi connectivity index (χ0v) is 12.0. The number of hydrogen-bond acceptors (Lipinski definition) is 3. The summed E-state index contributed by atoms with van der Waals surface area (Å²) >= 11 is 0. The SMILES string of the molecule is CCc1cc(C(=O)Nc2ccc(C(=O)O)cc2)oc1CC. The molecule has 2 N–H and O–H groups in total. The van der Waals surface area contributed by atoms with E-state index in [4.69, 9.17) is 9.52 Å². The lowest BCUT2D eigenvalue weighted by Gasteiger charge is -2.03. The number of carbonyl (C=O) groups is 2. The van der Waals surface area contributed by atoms with Crippen molar-refractivity contribution >= 4 is 17.6 Å². The van der Waals surface area contributed by atoms with Crippen LogP contribution in [0.4, 0.5) is 5.69 Å². The molecule has 0 atom stereocenters. The van der Waals surface area contributed by atoms with Crippen LogP contribution in [0.3, 0.4) is 0 Å². The summed E-state index contributed by atoms with van der Waals surface area (Å²) in [5.41, 5.74) is 1.73. The standard InChI is InChI=1S/C16H17NO4/c1-3-10-9-14(21-13(10)4-2)15(18)17-12-7-5-11(6-8-12)16(19)20/h5-9H,3-4H2,1-2H3,(H,17,18)(H,19,20). The summed E-state index contributed by atoms with van der Waals surface area (Å²) in [6.07, 6.45) is 1.55. The molecule has 0 fully saturated rings. The molecule has 1 aromatic carbocycles. The van der Waals surface area contributed by atoms with Gasteiger partial charge in [-0.3, -0.25) is 4.79 Å². The van der Waals surface area contributed by atoms with Gasteiger partial charge in [0.15, 0.2) is 5.76 Å². The highest BCUT2D eigenvalue weighted by Gasteiger charge is 2.15. The summed E-state index contributed by atoms with van der Waals surface area (Å²) in [7, 11) is 0. The molecule has 1 aromatic heterocycles. The van der Waals surface area contributed by atoms with E-state index in [1.54, 1.807) is 18.2 Å². The smallest absolute Gasteiger partial charge is 0.335 e. The minimum Gasteiger partial charge on any atom is -0.478 e. The Morgan fingerprint density at radius 1 is 1.14 bits per heavy atom. The van der Waals surface area contributed by atoms with Crippen molar-refractivity contribution in [1.82, 2.24) is 0 Å². The zero-order chi connectivity index (χ0) is 15.4. The molecular formula is C16H17NO4. The summed E-state index contributed by atoms with van der Waals surface area (Å²) in [5.74, 6) is -0.249. The molecule has 5 heteroatoms. The Hall–Kier alpha value is -2.56. The fourth-order valence-electron chi connectivity index (χ4n) is 2.07. The number of carboxylic acid groups (broad SMARTS) is 1. The molecule has 0 radical (unpaired) electrons. The maximum Gasteiger partial charge on any atom is 0.335 e. The Morgan fingerprint density at radius 3 is 2.29 bits per heavy atom. The average molecular weight is 287 g/mol. The van der Waals surface area contributed by atoms with E-state index in [1.165, 1.54) is 12.1 Å². The number of anilines is 1. The number of amides is 1. The summed E-state index contributed by atoms with van der Waals surface area (Å²) in [4.78, 5) is 22.9. The number of carboxylic acids is 1. The lowest BCUT2D eigenvalue weighted by atomic mass is 10.1. The second kappa shape index (κ2) is 6.26. The van der Waals surface area contributed by atoms with E-state index in [0.29, 0.717) is 5.69 Å². The van der Waals surface area contributed by atoms with E-state index in [9.17, 15) is 9.59 Å². The molecule has 0 spiro atoms. The number of aromatic carboxylic acids is 1. The highest BCUT2D eigenvalue weighted by Crippen LogP contribution is 2.18. The summed E-state index contributed by atoms with van der Waals surface area (Å²) in [6, 6.07) is 7.72. The van der Waals surface area contributed by atoms with Crippen LogP contribution in [0.2, 0.25) is 0 Å². The minimum atomic E-state index is -1.00. The van der Waals surface area contributed by atoms with E-state index >= 15 is 0 Å². The Kier molecular flexibility index (Phi) is 4.42. The lowest BCUT2D eigenvalue weighted by Crippen LogP contribution is -2.11. The summed E-state index contributed by atoms with van der Waals surface area (Å²) < 4.78 is 5.54. The van der Waals surface area contributed by atoms with E-state index in [2.05, 4.69) is 5.32 Å². The van der Waals surface area contributed by atoms with Crippen molar-refractivity contribution in [2.75, 3.05) is 5.32 Å². The number of aryl methyl sites for hydroxylation is 2. The first kappa shape index (κ1) is 14.8. The first-order chi connectivity index (χ1) is 10.0. The third-order valence-electron chi connectivity index (χ3n) is 3.21. The predicted molar refractivity (Wildman–Crippen MR) is 78.8 cm³/mol. The van der Waals surface area contributed by atoms with Crippen LogP contribution in [0.1, 0.15) is 46.1 Å². The van der Waals surface area contributed by atoms with Crippen molar-refractivity contribution in [3.8, 4) is 0 Å². The van der Waals surface area contributed by atoms with Gasteiger partial charge in [-0.2, -0.15) is 0 Å². The minimum absolute atomic E-state index is 0.174. The Bertz CT molecular complexity index is 634. The van der Waals surface area contributed by atoms with Crippen LogP contribution in [0.25, 0.3) is 0 Å². The van der Waals surface area contributed by atoms with Gasteiger partial charge in [0.05, 0.1) is 5.56 Å². The molecule has 2 aromatic rings. The molecule has 110 valence electrons. The van der Waals surface area contributed by atoms with Crippen molar-refractivity contribution in [1.29, 1.82) is 0 Å². The molecule has 2 rings (SSSR count). The van der Waals surface area contributed by atoms with Crippen LogP contribution in [-0.4, -0.2) is 17.0 Å². The quantitative estimate of drug-likeness (QED) is 0.883. The monoisotopic (exact) mass is 287 g/mol. The molecular weight excluding hydrogens is 270 g/mol. The normalized spacial score (nSPS) is 10.4. The van der Waals surface area contributed by atoms with Crippen molar-refractivity contribution in [3.05, 3.63) is 53.0 Å². The zero-order valence-electron chi connectivity index (χ0n) is 12.0. The lowest BCUT2D eigenvalue weighted by molar-refractivity contribution is 0.0696. The van der Waals surface area contributed by atoms with Gasteiger partial charge in [-0.25, -0.2) is 4.79 Å². The van der Waals surface area contributed by atoms with Crippen molar-refractivity contribution in [2.24, 2.45) is 0 Å². The van der Waals surface area contributed by atoms with Gasteiger partial charge in [0.25, 0.3) is 5.91 Å². The summed E-state index contributed by atoms with van der Waals surface area (Å²) in [5, 5.41) is 11.5. The second-order valence-corrected chi connectivity index (χ2v) is 4.60. The van der Waals surface area contributed by atoms with Crippen LogP contribution in [0.5, 0.6) is 0 Å². The number of rotatable bonds is 5. The molecule has 21 heavy (non-hydrogen) atoms. The first-order valence-electron chi connectivity index (χ1n) is 6.81. The van der Waals surface area contributed by atoms with Crippen LogP contribution < -0.4 is 5.32 Å². The average Bonchev–Trinajstić information content (AvgIpc) is 2.91. The fraction of sp³-hybridized carbons (Fsp3) is 0.250. The second-order valence-electron chi connectivity index (χ2n) is 4.60. The molecule has 0 bridgehead atoms. The molecule has 1 heterocycles. The molecule has 0 saturated carbocycles. The fourth-order valence-corrected chi connectivity index (χ4v) is 2.07. The van der Waals surface area contributed by atoms with Gasteiger partial charge in [-0.15, -0.1) is 0 Å². The molecule has 0 aliphatic carbocycles. The largest absolute Gasteiger partial charge is 0.478 e. The number of furan rings is 1.